The quantitative estimate of drug-likeness (QED) is 0.0241. The van der Waals surface area contributed by atoms with Gasteiger partial charge < -0.3 is 23.8 Å². The fourth-order valence-corrected chi connectivity index (χ4v) is 5.26. The smallest absolute Gasteiger partial charge is 0.362 e. The van der Waals surface area contributed by atoms with Gasteiger partial charge >= 0.3 is 17.9 Å². The molecule has 49 heavy (non-hydrogen) atoms. The molecule has 0 amide bonds. The van der Waals surface area contributed by atoms with E-state index in [1.165, 1.54) is 51.4 Å². The molecule has 0 rings (SSSR count). The number of quaternary nitrogens is 1. The zero-order chi connectivity index (χ0) is 36.4. The summed E-state index contributed by atoms with van der Waals surface area (Å²) < 4.78 is 17.0. The topological polar surface area (TPSA) is 99.1 Å². The summed E-state index contributed by atoms with van der Waals surface area (Å²) in [6.45, 7) is 4.48. The number of carbonyl (C=O) groups excluding carboxylic acids is 2. The molecule has 8 nitrogen and oxygen atoms in total. The molecule has 0 saturated heterocycles. The number of aliphatic carboxylic acids is 1. The number of esters is 2. The minimum atomic E-state index is -0.889. The third kappa shape index (κ3) is 31.0. The van der Waals surface area contributed by atoms with Crippen LogP contribution in [0.25, 0.3) is 0 Å². The zero-order valence-corrected chi connectivity index (χ0v) is 31.9. The summed E-state index contributed by atoms with van der Waals surface area (Å²) in [5, 5.41) is 9.55. The lowest BCUT2D eigenvalue weighted by Crippen LogP contribution is -2.50. The predicted octanol–water partition coefficient (Wildman–Crippen LogP) is 9.68. The van der Waals surface area contributed by atoms with E-state index in [0.717, 1.165) is 51.4 Å². The first kappa shape index (κ1) is 46.3. The van der Waals surface area contributed by atoms with Crippen LogP contribution in [0.5, 0.6) is 0 Å². The molecule has 0 spiro atoms. The number of carboxylic acids is 1. The van der Waals surface area contributed by atoms with Crippen molar-refractivity contribution in [2.24, 2.45) is 0 Å². The van der Waals surface area contributed by atoms with Gasteiger partial charge in [0.1, 0.15) is 6.61 Å². The van der Waals surface area contributed by atoms with Crippen LogP contribution in [-0.4, -0.2) is 80.6 Å². The molecule has 0 heterocycles. The number of hydrogen-bond donors (Lipinski definition) is 1. The van der Waals surface area contributed by atoms with Gasteiger partial charge in [-0.15, -0.1) is 0 Å². The van der Waals surface area contributed by atoms with Gasteiger partial charge in [-0.1, -0.05) is 120 Å². The van der Waals surface area contributed by atoms with Gasteiger partial charge in [0.25, 0.3) is 0 Å². The van der Waals surface area contributed by atoms with Crippen LogP contribution in [0.15, 0.2) is 48.6 Å². The van der Waals surface area contributed by atoms with E-state index in [4.69, 9.17) is 14.2 Å². The fourth-order valence-electron chi connectivity index (χ4n) is 5.26. The molecule has 0 fully saturated rings. The van der Waals surface area contributed by atoms with Gasteiger partial charge in [0.2, 0.25) is 0 Å². The molecule has 0 bridgehead atoms. The maximum atomic E-state index is 12.5. The summed E-state index contributed by atoms with van der Waals surface area (Å²) in [4.78, 5) is 36.6. The molecule has 0 aliphatic heterocycles. The lowest BCUT2D eigenvalue weighted by molar-refractivity contribution is -0.887. The Labute approximate surface area is 299 Å². The largest absolute Gasteiger partial charge is 0.477 e. The van der Waals surface area contributed by atoms with E-state index in [9.17, 15) is 19.5 Å². The van der Waals surface area contributed by atoms with Crippen LogP contribution in [-0.2, 0) is 28.6 Å². The molecule has 8 heteroatoms. The lowest BCUT2D eigenvalue weighted by atomic mass is 10.1. The molecule has 1 N–H and O–H groups in total. The van der Waals surface area contributed by atoms with Crippen molar-refractivity contribution in [3.63, 3.8) is 0 Å². The Kier molecular flexibility index (Phi) is 30.7. The van der Waals surface area contributed by atoms with Gasteiger partial charge in [-0.2, -0.15) is 0 Å². The number of ether oxygens (including phenoxy) is 3. The van der Waals surface area contributed by atoms with E-state index >= 15 is 0 Å². The Morgan fingerprint density at radius 1 is 0.653 bits per heavy atom. The van der Waals surface area contributed by atoms with Crippen molar-refractivity contribution in [3.05, 3.63) is 48.6 Å². The van der Waals surface area contributed by atoms with Crippen molar-refractivity contribution in [2.75, 3.05) is 41.0 Å². The number of allylic oxidation sites excluding steroid dienone is 8. The van der Waals surface area contributed by atoms with E-state index in [1.54, 1.807) is 0 Å². The summed E-state index contributed by atoms with van der Waals surface area (Å²) in [7, 11) is 5.48. The van der Waals surface area contributed by atoms with Gasteiger partial charge in [-0.05, 0) is 51.4 Å². The van der Waals surface area contributed by atoms with Crippen molar-refractivity contribution in [3.8, 4) is 0 Å². The first-order chi connectivity index (χ1) is 23.6. The van der Waals surface area contributed by atoms with Gasteiger partial charge in [0.05, 0.1) is 34.4 Å². The molecule has 0 aromatic rings. The second kappa shape index (κ2) is 32.5. The number of unbranched alkanes of at least 4 members (excludes halogenated alkanes) is 12. The molecule has 2 unspecified atom stereocenters. The minimum absolute atomic E-state index is 0.0313. The predicted molar refractivity (Wildman–Crippen MR) is 201 cm³/mol. The molecule has 0 aliphatic rings. The fraction of sp³-hybridized carbons (Fsp3) is 0.732. The monoisotopic (exact) mass is 691 g/mol. The van der Waals surface area contributed by atoms with E-state index in [-0.39, 0.29) is 42.7 Å². The first-order valence-electron chi connectivity index (χ1n) is 19.2. The lowest BCUT2D eigenvalue weighted by Gasteiger charge is -2.31. The third-order valence-electron chi connectivity index (χ3n) is 8.25. The Morgan fingerprint density at radius 2 is 1.24 bits per heavy atom. The highest BCUT2D eigenvalue weighted by Gasteiger charge is 2.31. The minimum Gasteiger partial charge on any atom is -0.477 e. The molecule has 0 aromatic carbocycles. The molecular weight excluding hydrogens is 618 g/mol. The molecule has 282 valence electrons. The van der Waals surface area contributed by atoms with Crippen LogP contribution < -0.4 is 0 Å². The number of carbonyl (C=O) groups is 3. The van der Waals surface area contributed by atoms with Crippen molar-refractivity contribution >= 4 is 17.9 Å². The summed E-state index contributed by atoms with van der Waals surface area (Å²) >= 11 is 0. The van der Waals surface area contributed by atoms with Crippen molar-refractivity contribution in [2.45, 2.75) is 154 Å². The number of nitrogens with zero attached hydrogens (tertiary/aromatic N) is 1. The van der Waals surface area contributed by atoms with E-state index < -0.39 is 18.1 Å². The first-order valence-corrected chi connectivity index (χ1v) is 19.2. The van der Waals surface area contributed by atoms with Gasteiger partial charge in [0, 0.05) is 19.3 Å². The van der Waals surface area contributed by atoms with Crippen LogP contribution in [0, 0.1) is 0 Å². The molecular formula is C41H72NO7+. The SMILES string of the molecule is CC/C=C/C/C=C/CCC(=O)OC(COCCC(C(=O)O)[N+](C)(C)C)COC(=O)CCCCCCC/C=C/C=C/CCCCCCCCC. The Bertz CT molecular complexity index is 948. The summed E-state index contributed by atoms with van der Waals surface area (Å²) in [6.07, 6.45) is 36.3. The average molecular weight is 691 g/mol. The van der Waals surface area contributed by atoms with Crippen molar-refractivity contribution in [1.82, 2.24) is 0 Å². The highest BCUT2D eigenvalue weighted by atomic mass is 16.6. The molecule has 0 radical (unpaired) electrons. The van der Waals surface area contributed by atoms with Gasteiger partial charge in [-0.25, -0.2) is 4.79 Å². The van der Waals surface area contributed by atoms with E-state index in [2.05, 4.69) is 50.3 Å². The van der Waals surface area contributed by atoms with Crippen LogP contribution in [0.1, 0.15) is 142 Å². The van der Waals surface area contributed by atoms with Gasteiger partial charge in [-0.3, -0.25) is 9.59 Å². The van der Waals surface area contributed by atoms with Crippen LogP contribution in [0.4, 0.5) is 0 Å². The van der Waals surface area contributed by atoms with Crippen molar-refractivity contribution in [1.29, 1.82) is 0 Å². The number of carboxylic acid groups (broad SMARTS) is 1. The normalized spacial score (nSPS) is 13.6. The Hall–Kier alpha value is -2.71. The summed E-state index contributed by atoms with van der Waals surface area (Å²) in [5.41, 5.74) is 0. The Balaban J connectivity index is 4.35. The summed E-state index contributed by atoms with van der Waals surface area (Å²) in [5.74, 6) is -1.59. The standard InChI is InChI=1S/C41H71NO7/c1-6-8-10-12-14-15-16-17-18-19-20-21-22-23-24-26-27-29-31-39(43)48-36-37(35-47-34-33-38(41(45)46)42(3,4)5)49-40(44)32-30-28-25-13-11-9-7-2/h9,11,18-21,25,28,37-38H,6-8,10,12-17,22-24,26-27,29-36H2,1-5H3/p+1/b11-9+,19-18+,21-20+,28-25+. The number of hydrogen-bond acceptors (Lipinski definition) is 6. The molecule has 0 saturated carbocycles. The van der Waals surface area contributed by atoms with Crippen molar-refractivity contribution < 1.29 is 38.2 Å². The molecule has 0 aromatic heterocycles. The average Bonchev–Trinajstić information content (AvgIpc) is 3.05. The zero-order valence-electron chi connectivity index (χ0n) is 31.9. The second-order valence-electron chi connectivity index (χ2n) is 13.8. The molecule has 2 atom stereocenters. The van der Waals surface area contributed by atoms with Gasteiger partial charge in [0.15, 0.2) is 12.1 Å². The highest BCUT2D eigenvalue weighted by Crippen LogP contribution is 2.12. The third-order valence-corrected chi connectivity index (χ3v) is 8.25. The maximum Gasteiger partial charge on any atom is 0.362 e. The number of likely N-dealkylation sites (N-methyl/N-ethyl adjacent to an activating group) is 1. The highest BCUT2D eigenvalue weighted by molar-refractivity contribution is 5.72. The van der Waals surface area contributed by atoms with Crippen LogP contribution in [0.3, 0.4) is 0 Å². The van der Waals surface area contributed by atoms with Crippen LogP contribution in [0.2, 0.25) is 0 Å². The van der Waals surface area contributed by atoms with Crippen LogP contribution >= 0.6 is 0 Å². The second-order valence-corrected chi connectivity index (χ2v) is 13.8. The maximum absolute atomic E-state index is 12.5. The van der Waals surface area contributed by atoms with E-state index in [1.807, 2.05) is 33.3 Å². The molecule has 0 aliphatic carbocycles. The summed E-state index contributed by atoms with van der Waals surface area (Å²) in [6, 6.07) is -0.624. The number of rotatable bonds is 33. The Morgan fingerprint density at radius 3 is 1.84 bits per heavy atom. The van der Waals surface area contributed by atoms with E-state index in [0.29, 0.717) is 19.3 Å².